The van der Waals surface area contributed by atoms with Crippen molar-refractivity contribution in [2.75, 3.05) is 0 Å². The molecule has 5 nitrogen and oxygen atoms in total. The van der Waals surface area contributed by atoms with Crippen LogP contribution in [0.2, 0.25) is 0 Å². The lowest BCUT2D eigenvalue weighted by Gasteiger charge is -2.07. The summed E-state index contributed by atoms with van der Waals surface area (Å²) in [6.45, 7) is -0.0818. The van der Waals surface area contributed by atoms with E-state index in [2.05, 4.69) is 0 Å². The molecule has 2 aromatic rings. The van der Waals surface area contributed by atoms with Crippen molar-refractivity contribution in [1.82, 2.24) is 0 Å². The summed E-state index contributed by atoms with van der Waals surface area (Å²) in [5, 5.41) is 27.7. The SMILES string of the molecule is O=C(OCc1ccc(F)cc1)c1cc(O)c(O)c(O)c1. The molecule has 0 heterocycles. The Morgan fingerprint density at radius 1 is 1.05 bits per heavy atom. The van der Waals surface area contributed by atoms with Gasteiger partial charge in [0.2, 0.25) is 0 Å². The number of carbonyl (C=O) groups is 1. The van der Waals surface area contributed by atoms with Gasteiger partial charge in [-0.05, 0) is 29.8 Å². The standard InChI is InChI=1S/C14H11FO5/c15-10-3-1-8(2-4-10)7-20-14(19)9-5-11(16)13(18)12(17)6-9/h1-6,16-18H,7H2. The lowest BCUT2D eigenvalue weighted by molar-refractivity contribution is 0.0471. The second kappa shape index (κ2) is 5.48. The Labute approximate surface area is 113 Å². The van der Waals surface area contributed by atoms with Crippen molar-refractivity contribution in [2.24, 2.45) is 0 Å². The number of rotatable bonds is 3. The lowest BCUT2D eigenvalue weighted by Crippen LogP contribution is -2.05. The summed E-state index contributed by atoms with van der Waals surface area (Å²) in [5.41, 5.74) is 0.479. The van der Waals surface area contributed by atoms with Crippen molar-refractivity contribution in [2.45, 2.75) is 6.61 Å². The molecule has 0 amide bonds. The van der Waals surface area contributed by atoms with Gasteiger partial charge in [0, 0.05) is 0 Å². The van der Waals surface area contributed by atoms with Crippen molar-refractivity contribution in [3.8, 4) is 17.2 Å². The average Bonchev–Trinajstić information content (AvgIpc) is 2.43. The molecule has 6 heteroatoms. The van der Waals surface area contributed by atoms with Crippen molar-refractivity contribution >= 4 is 5.97 Å². The van der Waals surface area contributed by atoms with Crippen molar-refractivity contribution in [3.05, 3.63) is 53.3 Å². The van der Waals surface area contributed by atoms with Gasteiger partial charge in [0.15, 0.2) is 17.2 Å². The highest BCUT2D eigenvalue weighted by Crippen LogP contribution is 2.35. The van der Waals surface area contributed by atoms with Gasteiger partial charge >= 0.3 is 5.97 Å². The Balaban J connectivity index is 2.07. The van der Waals surface area contributed by atoms with E-state index in [1.807, 2.05) is 0 Å². The molecule has 0 radical (unpaired) electrons. The molecule has 0 aliphatic heterocycles. The van der Waals surface area contributed by atoms with E-state index in [0.29, 0.717) is 5.56 Å². The van der Waals surface area contributed by atoms with Crippen LogP contribution in [0.15, 0.2) is 36.4 Å². The molecule has 0 fully saturated rings. The Kier molecular flexibility index (Phi) is 3.74. The van der Waals surface area contributed by atoms with Gasteiger partial charge in [0.1, 0.15) is 12.4 Å². The molecule has 2 rings (SSSR count). The Morgan fingerprint density at radius 2 is 1.60 bits per heavy atom. The van der Waals surface area contributed by atoms with Crippen molar-refractivity contribution < 1.29 is 29.2 Å². The minimum Gasteiger partial charge on any atom is -0.504 e. The summed E-state index contributed by atoms with van der Waals surface area (Å²) < 4.78 is 17.6. The molecule has 0 saturated heterocycles. The van der Waals surface area contributed by atoms with Crippen LogP contribution in [0, 0.1) is 5.82 Å². The van der Waals surface area contributed by atoms with Crippen LogP contribution in [-0.2, 0) is 11.3 Å². The third-order valence-corrected chi connectivity index (χ3v) is 2.59. The topological polar surface area (TPSA) is 87.0 Å². The van der Waals surface area contributed by atoms with Gasteiger partial charge in [0.25, 0.3) is 0 Å². The van der Waals surface area contributed by atoms with Crippen molar-refractivity contribution in [1.29, 1.82) is 0 Å². The molecule has 0 aliphatic rings. The van der Waals surface area contributed by atoms with Crippen LogP contribution in [0.5, 0.6) is 17.2 Å². The van der Waals surface area contributed by atoms with Crippen molar-refractivity contribution in [3.63, 3.8) is 0 Å². The van der Waals surface area contributed by atoms with E-state index < -0.39 is 29.0 Å². The molecule has 0 spiro atoms. The van der Waals surface area contributed by atoms with Crippen LogP contribution in [-0.4, -0.2) is 21.3 Å². The van der Waals surface area contributed by atoms with Gasteiger partial charge in [-0.25, -0.2) is 9.18 Å². The summed E-state index contributed by atoms with van der Waals surface area (Å²) >= 11 is 0. The van der Waals surface area contributed by atoms with Crippen LogP contribution in [0.3, 0.4) is 0 Å². The number of hydrogen-bond donors (Lipinski definition) is 3. The average molecular weight is 278 g/mol. The van der Waals surface area contributed by atoms with Crippen LogP contribution in [0.1, 0.15) is 15.9 Å². The van der Waals surface area contributed by atoms with E-state index in [-0.39, 0.29) is 12.2 Å². The third kappa shape index (κ3) is 2.97. The molecule has 0 unspecified atom stereocenters. The monoisotopic (exact) mass is 278 g/mol. The number of hydrogen-bond acceptors (Lipinski definition) is 5. The zero-order valence-electron chi connectivity index (χ0n) is 10.2. The highest BCUT2D eigenvalue weighted by atomic mass is 19.1. The molecule has 0 aromatic heterocycles. The Hall–Kier alpha value is -2.76. The number of aromatic hydroxyl groups is 3. The first-order valence-corrected chi connectivity index (χ1v) is 5.64. The summed E-state index contributed by atoms with van der Waals surface area (Å²) in [7, 11) is 0. The van der Waals surface area contributed by atoms with Gasteiger partial charge in [0.05, 0.1) is 5.56 Å². The summed E-state index contributed by atoms with van der Waals surface area (Å²) in [6.07, 6.45) is 0. The molecule has 3 N–H and O–H groups in total. The van der Waals surface area contributed by atoms with E-state index in [0.717, 1.165) is 12.1 Å². The predicted molar refractivity (Wildman–Crippen MR) is 67.0 cm³/mol. The Morgan fingerprint density at radius 3 is 2.15 bits per heavy atom. The molecule has 2 aromatic carbocycles. The minimum atomic E-state index is -0.792. The molecule has 0 atom stereocenters. The fraction of sp³-hybridized carbons (Fsp3) is 0.0714. The highest BCUT2D eigenvalue weighted by molar-refractivity contribution is 5.91. The van der Waals surface area contributed by atoms with E-state index in [1.54, 1.807) is 0 Å². The number of esters is 1. The first-order valence-electron chi connectivity index (χ1n) is 5.64. The minimum absolute atomic E-state index is 0.0818. The molecule has 0 bridgehead atoms. The maximum atomic E-state index is 12.7. The van der Waals surface area contributed by atoms with Gasteiger partial charge in [-0.1, -0.05) is 12.1 Å². The zero-order valence-corrected chi connectivity index (χ0v) is 10.2. The number of phenolic OH excluding ortho intramolecular Hbond substituents is 3. The zero-order chi connectivity index (χ0) is 14.7. The van der Waals surface area contributed by atoms with Gasteiger partial charge < -0.3 is 20.1 Å². The van der Waals surface area contributed by atoms with Crippen LogP contribution < -0.4 is 0 Å². The number of phenols is 3. The smallest absolute Gasteiger partial charge is 0.338 e. The lowest BCUT2D eigenvalue weighted by atomic mass is 10.2. The maximum Gasteiger partial charge on any atom is 0.338 e. The highest BCUT2D eigenvalue weighted by Gasteiger charge is 2.14. The first-order chi connectivity index (χ1) is 9.47. The second-order valence-corrected chi connectivity index (χ2v) is 4.07. The number of halogens is 1. The molecule has 20 heavy (non-hydrogen) atoms. The molecule has 104 valence electrons. The normalized spacial score (nSPS) is 10.2. The van der Waals surface area contributed by atoms with E-state index in [1.165, 1.54) is 24.3 Å². The predicted octanol–water partition coefficient (Wildman–Crippen LogP) is 2.30. The molecular weight excluding hydrogens is 267 g/mol. The van der Waals surface area contributed by atoms with E-state index in [4.69, 9.17) is 9.84 Å². The second-order valence-electron chi connectivity index (χ2n) is 4.07. The molecule has 0 aliphatic carbocycles. The quantitative estimate of drug-likeness (QED) is 0.592. The maximum absolute atomic E-state index is 12.7. The fourth-order valence-electron chi connectivity index (χ4n) is 1.53. The largest absolute Gasteiger partial charge is 0.504 e. The molecule has 0 saturated carbocycles. The Bertz CT molecular complexity index is 614. The number of ether oxygens (including phenoxy) is 1. The third-order valence-electron chi connectivity index (χ3n) is 2.59. The molecular formula is C14H11FO5. The van der Waals surface area contributed by atoms with Gasteiger partial charge in [-0.3, -0.25) is 0 Å². The van der Waals surface area contributed by atoms with Gasteiger partial charge in [-0.2, -0.15) is 0 Å². The summed E-state index contributed by atoms with van der Waals surface area (Å²) in [5.74, 6) is -3.15. The van der Waals surface area contributed by atoms with Crippen LogP contribution in [0.4, 0.5) is 4.39 Å². The number of benzene rings is 2. The number of carbonyl (C=O) groups excluding carboxylic acids is 1. The fourth-order valence-corrected chi connectivity index (χ4v) is 1.53. The van der Waals surface area contributed by atoms with Crippen LogP contribution in [0.25, 0.3) is 0 Å². The van der Waals surface area contributed by atoms with E-state index in [9.17, 15) is 19.4 Å². The van der Waals surface area contributed by atoms with E-state index >= 15 is 0 Å². The van der Waals surface area contributed by atoms with Gasteiger partial charge in [-0.15, -0.1) is 0 Å². The summed E-state index contributed by atoms with van der Waals surface area (Å²) in [6, 6.07) is 7.36. The first kappa shape index (κ1) is 13.7. The van der Waals surface area contributed by atoms with Crippen LogP contribution >= 0.6 is 0 Å². The summed E-state index contributed by atoms with van der Waals surface area (Å²) in [4.78, 5) is 11.7.